The summed E-state index contributed by atoms with van der Waals surface area (Å²) < 4.78 is 10.5. The average molecular weight is 477 g/mol. The summed E-state index contributed by atoms with van der Waals surface area (Å²) in [5.41, 5.74) is 1.99. The molecule has 2 aliphatic rings. The van der Waals surface area contributed by atoms with Crippen LogP contribution in [0.4, 0.5) is 0 Å². The van der Waals surface area contributed by atoms with Gasteiger partial charge in [0.05, 0.1) is 19.1 Å². The zero-order chi connectivity index (χ0) is 24.6. The third-order valence-electron chi connectivity index (χ3n) is 6.59. The van der Waals surface area contributed by atoms with Crippen LogP contribution in [0.3, 0.4) is 0 Å². The number of nitrogens with zero attached hydrogens (tertiary/aromatic N) is 1. The molecule has 2 aromatic carbocycles. The van der Waals surface area contributed by atoms with Crippen molar-refractivity contribution < 1.29 is 23.9 Å². The highest BCUT2D eigenvalue weighted by molar-refractivity contribution is 5.92. The summed E-state index contributed by atoms with van der Waals surface area (Å²) in [5.74, 6) is 0.129. The largest absolute Gasteiger partial charge is 0.497 e. The van der Waals surface area contributed by atoms with Crippen molar-refractivity contribution in [1.29, 1.82) is 0 Å². The number of hydrogen-bond acceptors (Lipinski definition) is 5. The third kappa shape index (κ3) is 6.94. The number of piperidine rings is 1. The lowest BCUT2D eigenvalue weighted by atomic mass is 9.97. The maximum absolute atomic E-state index is 12.5. The van der Waals surface area contributed by atoms with Crippen LogP contribution in [0.25, 0.3) is 6.08 Å². The van der Waals surface area contributed by atoms with E-state index in [2.05, 4.69) is 5.32 Å². The van der Waals surface area contributed by atoms with Crippen molar-refractivity contribution >= 4 is 23.9 Å². The summed E-state index contributed by atoms with van der Waals surface area (Å²) >= 11 is 0. The molecule has 2 amide bonds. The first-order chi connectivity index (χ1) is 17.0. The normalized spacial score (nSPS) is 17.1. The van der Waals surface area contributed by atoms with Crippen LogP contribution in [0.1, 0.15) is 42.9 Å². The second kappa shape index (κ2) is 11.7. The van der Waals surface area contributed by atoms with Crippen LogP contribution >= 0.6 is 0 Å². The number of amides is 2. The molecule has 1 aliphatic heterocycles. The van der Waals surface area contributed by atoms with Crippen LogP contribution in [0.5, 0.6) is 5.75 Å². The third-order valence-corrected chi connectivity index (χ3v) is 6.59. The first kappa shape index (κ1) is 24.5. The van der Waals surface area contributed by atoms with E-state index < -0.39 is 0 Å². The van der Waals surface area contributed by atoms with Crippen molar-refractivity contribution in [3.05, 3.63) is 71.8 Å². The van der Waals surface area contributed by atoms with Gasteiger partial charge in [0.1, 0.15) is 5.75 Å². The summed E-state index contributed by atoms with van der Waals surface area (Å²) in [5, 5.41) is 3.02. The highest BCUT2D eigenvalue weighted by atomic mass is 16.5. The lowest BCUT2D eigenvalue weighted by Crippen LogP contribution is -2.40. The van der Waals surface area contributed by atoms with Crippen LogP contribution in [-0.4, -0.2) is 49.5 Å². The molecule has 0 radical (unpaired) electrons. The molecule has 7 nitrogen and oxygen atoms in total. The molecule has 1 saturated carbocycles. The molecule has 2 fully saturated rings. The topological polar surface area (TPSA) is 84.9 Å². The maximum atomic E-state index is 12.5. The molecule has 1 heterocycles. The molecule has 7 heteroatoms. The van der Waals surface area contributed by atoms with Crippen LogP contribution < -0.4 is 10.1 Å². The van der Waals surface area contributed by atoms with E-state index in [0.29, 0.717) is 31.8 Å². The molecule has 0 aromatic heterocycles. The highest BCUT2D eigenvalue weighted by Gasteiger charge is 2.34. The molecule has 35 heavy (non-hydrogen) atoms. The van der Waals surface area contributed by atoms with Gasteiger partial charge in [-0.05, 0) is 60.9 Å². The average Bonchev–Trinajstić information content (AvgIpc) is 3.75. The number of hydrogen-bond donors (Lipinski definition) is 1. The second-order valence-electron chi connectivity index (χ2n) is 9.11. The molecule has 1 aliphatic carbocycles. The maximum Gasteiger partial charge on any atom is 0.309 e. The molecule has 1 unspecified atom stereocenters. The Bertz CT molecular complexity index is 1040. The number of carbonyl (C=O) groups excluding carboxylic acids is 3. The van der Waals surface area contributed by atoms with Gasteiger partial charge < -0.3 is 19.7 Å². The fraction of sp³-hybridized carbons (Fsp3) is 0.393. The zero-order valence-corrected chi connectivity index (χ0v) is 20.0. The standard InChI is InChI=1S/C28H32N2O5/c1-34-24-12-10-22(11-13-24)27(21-8-9-21)29-25(31)19-35-28(33)23-15-17-30(18-16-23)26(32)14-7-20-5-3-2-4-6-20/h2-7,10-14,21,23,27H,8-9,15-19H2,1H3,(H,29,31)/b14-7+. The van der Waals surface area contributed by atoms with Gasteiger partial charge in [-0.1, -0.05) is 42.5 Å². The smallest absolute Gasteiger partial charge is 0.309 e. The molecule has 184 valence electrons. The minimum absolute atomic E-state index is 0.0651. The van der Waals surface area contributed by atoms with Gasteiger partial charge in [-0.25, -0.2) is 0 Å². The fourth-order valence-electron chi connectivity index (χ4n) is 4.36. The zero-order valence-electron chi connectivity index (χ0n) is 20.0. The van der Waals surface area contributed by atoms with E-state index in [0.717, 1.165) is 29.7 Å². The number of nitrogens with one attached hydrogen (secondary N) is 1. The Balaban J connectivity index is 1.20. The molecule has 4 rings (SSSR count). The highest BCUT2D eigenvalue weighted by Crippen LogP contribution is 2.41. The first-order valence-corrected chi connectivity index (χ1v) is 12.2. The predicted molar refractivity (Wildman–Crippen MR) is 132 cm³/mol. The van der Waals surface area contributed by atoms with Gasteiger partial charge >= 0.3 is 5.97 Å². The molecular weight excluding hydrogens is 444 g/mol. The molecule has 2 aromatic rings. The monoisotopic (exact) mass is 476 g/mol. The second-order valence-corrected chi connectivity index (χ2v) is 9.11. The lowest BCUT2D eigenvalue weighted by molar-refractivity contribution is -0.154. The molecular formula is C28H32N2O5. The van der Waals surface area contributed by atoms with Crippen molar-refractivity contribution in [2.75, 3.05) is 26.8 Å². The van der Waals surface area contributed by atoms with E-state index in [1.54, 1.807) is 24.2 Å². The Labute approximate surface area is 206 Å². The van der Waals surface area contributed by atoms with Gasteiger partial charge in [-0.15, -0.1) is 0 Å². The summed E-state index contributed by atoms with van der Waals surface area (Å²) in [7, 11) is 1.62. The Morgan fingerprint density at radius 3 is 2.31 bits per heavy atom. The predicted octanol–water partition coefficient (Wildman–Crippen LogP) is 3.76. The van der Waals surface area contributed by atoms with Crippen molar-refractivity contribution in [2.45, 2.75) is 31.7 Å². The molecule has 0 spiro atoms. The summed E-state index contributed by atoms with van der Waals surface area (Å²) in [6, 6.07) is 17.2. The van der Waals surface area contributed by atoms with Crippen LogP contribution in [-0.2, 0) is 19.1 Å². The van der Waals surface area contributed by atoms with Crippen LogP contribution in [0.15, 0.2) is 60.7 Å². The Morgan fingerprint density at radius 2 is 1.69 bits per heavy atom. The van der Waals surface area contributed by atoms with E-state index in [1.807, 2.05) is 54.6 Å². The van der Waals surface area contributed by atoms with E-state index >= 15 is 0 Å². The number of carbonyl (C=O) groups is 3. The van der Waals surface area contributed by atoms with E-state index in [1.165, 1.54) is 0 Å². The van der Waals surface area contributed by atoms with E-state index in [-0.39, 0.29) is 36.4 Å². The summed E-state index contributed by atoms with van der Waals surface area (Å²) in [6.07, 6.45) is 6.55. The van der Waals surface area contributed by atoms with Gasteiger partial charge in [-0.3, -0.25) is 14.4 Å². The molecule has 0 bridgehead atoms. The van der Waals surface area contributed by atoms with Gasteiger partial charge in [0.2, 0.25) is 5.91 Å². The molecule has 1 N–H and O–H groups in total. The Hall–Kier alpha value is -3.61. The van der Waals surface area contributed by atoms with E-state index in [9.17, 15) is 14.4 Å². The Kier molecular flexibility index (Phi) is 8.19. The number of methoxy groups -OCH3 is 1. The van der Waals surface area contributed by atoms with Gasteiger partial charge in [-0.2, -0.15) is 0 Å². The molecule has 1 atom stereocenters. The van der Waals surface area contributed by atoms with Crippen molar-refractivity contribution in [3.63, 3.8) is 0 Å². The van der Waals surface area contributed by atoms with Crippen LogP contribution in [0.2, 0.25) is 0 Å². The molecule has 1 saturated heterocycles. The van der Waals surface area contributed by atoms with Crippen molar-refractivity contribution in [3.8, 4) is 5.75 Å². The number of rotatable bonds is 9. The van der Waals surface area contributed by atoms with Gasteiger partial charge in [0.15, 0.2) is 6.61 Å². The number of esters is 1. The lowest BCUT2D eigenvalue weighted by Gasteiger charge is -2.30. The Morgan fingerprint density at radius 1 is 1.00 bits per heavy atom. The minimum Gasteiger partial charge on any atom is -0.497 e. The van der Waals surface area contributed by atoms with Crippen molar-refractivity contribution in [2.24, 2.45) is 11.8 Å². The number of benzene rings is 2. The quantitative estimate of drug-likeness (QED) is 0.440. The number of ether oxygens (including phenoxy) is 2. The SMILES string of the molecule is COc1ccc(C(NC(=O)COC(=O)C2CCN(C(=O)/C=C/c3ccccc3)CC2)C2CC2)cc1. The van der Waals surface area contributed by atoms with Gasteiger partial charge in [0, 0.05) is 19.2 Å². The van der Waals surface area contributed by atoms with Crippen molar-refractivity contribution in [1.82, 2.24) is 10.2 Å². The van der Waals surface area contributed by atoms with Gasteiger partial charge in [0.25, 0.3) is 5.91 Å². The fourth-order valence-corrected chi connectivity index (χ4v) is 4.36. The summed E-state index contributed by atoms with van der Waals surface area (Å²) in [4.78, 5) is 39.2. The van der Waals surface area contributed by atoms with Crippen LogP contribution in [0, 0.1) is 11.8 Å². The first-order valence-electron chi connectivity index (χ1n) is 12.2. The summed E-state index contributed by atoms with van der Waals surface area (Å²) in [6.45, 7) is 0.688. The van der Waals surface area contributed by atoms with E-state index in [4.69, 9.17) is 9.47 Å². The minimum atomic E-state index is -0.375. The number of likely N-dealkylation sites (tertiary alicyclic amines) is 1.